The zero-order valence-electron chi connectivity index (χ0n) is 5.67. The maximum absolute atomic E-state index is 5.30. The summed E-state index contributed by atoms with van der Waals surface area (Å²) in [6.45, 7) is 6.95. The highest BCUT2D eigenvalue weighted by Crippen LogP contribution is 2.06. The van der Waals surface area contributed by atoms with Gasteiger partial charge in [-0.25, -0.2) is 0 Å². The summed E-state index contributed by atoms with van der Waals surface area (Å²) in [5, 5.41) is 0. The van der Waals surface area contributed by atoms with Crippen LogP contribution < -0.4 is 0 Å². The molecule has 0 aliphatic carbocycles. The fraction of sp³-hybridized carbons (Fsp3) is 0.714. The first-order valence-corrected chi connectivity index (χ1v) is 3.18. The zero-order valence-corrected chi connectivity index (χ0v) is 5.67. The summed E-state index contributed by atoms with van der Waals surface area (Å²) in [5.41, 5.74) is 0. The molecule has 0 N–H and O–H groups in total. The Hall–Kier alpha value is -0.340. The monoisotopic (exact) mass is 128 g/mol. The molecule has 0 aromatic rings. The van der Waals surface area contributed by atoms with Crippen LogP contribution in [0, 0.1) is 0 Å². The van der Waals surface area contributed by atoms with Crippen molar-refractivity contribution in [3.8, 4) is 0 Å². The van der Waals surface area contributed by atoms with Gasteiger partial charge in [-0.15, -0.1) is 6.58 Å². The smallest absolute Gasteiger partial charge is 0.0988 e. The van der Waals surface area contributed by atoms with Crippen molar-refractivity contribution in [3.05, 3.63) is 12.7 Å². The van der Waals surface area contributed by atoms with E-state index in [1.165, 1.54) is 0 Å². The van der Waals surface area contributed by atoms with Crippen LogP contribution in [0.1, 0.15) is 6.92 Å². The Balaban J connectivity index is 2.26. The van der Waals surface area contributed by atoms with E-state index in [0.29, 0.717) is 13.2 Å². The van der Waals surface area contributed by atoms with Gasteiger partial charge in [-0.1, -0.05) is 6.08 Å². The summed E-state index contributed by atoms with van der Waals surface area (Å²) >= 11 is 0. The van der Waals surface area contributed by atoms with Gasteiger partial charge in [-0.3, -0.25) is 0 Å². The van der Waals surface area contributed by atoms with E-state index in [0.717, 1.165) is 0 Å². The molecule has 0 aromatic carbocycles. The van der Waals surface area contributed by atoms with Crippen molar-refractivity contribution in [2.45, 2.75) is 19.1 Å². The molecule has 52 valence electrons. The SMILES string of the molecule is C=C[C@@H]1CO[C@H](C)CO1. The van der Waals surface area contributed by atoms with Crippen LogP contribution in [0.3, 0.4) is 0 Å². The van der Waals surface area contributed by atoms with Crippen LogP contribution in [0.25, 0.3) is 0 Å². The molecule has 0 spiro atoms. The first kappa shape index (κ1) is 6.78. The number of ether oxygens (including phenoxy) is 2. The average Bonchev–Trinajstić information content (AvgIpc) is 1.90. The van der Waals surface area contributed by atoms with Gasteiger partial charge in [0.1, 0.15) is 0 Å². The molecule has 0 amide bonds. The number of hydrogen-bond acceptors (Lipinski definition) is 2. The summed E-state index contributed by atoms with van der Waals surface area (Å²) in [7, 11) is 0. The molecular formula is C7H12O2. The van der Waals surface area contributed by atoms with Crippen molar-refractivity contribution in [2.75, 3.05) is 13.2 Å². The van der Waals surface area contributed by atoms with Crippen LogP contribution in [0.5, 0.6) is 0 Å². The zero-order chi connectivity index (χ0) is 6.69. The average molecular weight is 128 g/mol. The molecule has 1 fully saturated rings. The standard InChI is InChI=1S/C7H12O2/c1-3-7-5-8-6(2)4-9-7/h3,6-7H,1,4-5H2,2H3/t6-,7-/m1/s1. The predicted molar refractivity (Wildman–Crippen MR) is 35.4 cm³/mol. The lowest BCUT2D eigenvalue weighted by Gasteiger charge is -2.24. The van der Waals surface area contributed by atoms with Gasteiger partial charge in [0.25, 0.3) is 0 Å². The lowest BCUT2D eigenvalue weighted by molar-refractivity contribution is -0.108. The minimum Gasteiger partial charge on any atom is -0.373 e. The number of rotatable bonds is 1. The van der Waals surface area contributed by atoms with Gasteiger partial charge in [0.2, 0.25) is 0 Å². The molecule has 1 saturated heterocycles. The molecule has 0 unspecified atom stereocenters. The predicted octanol–water partition coefficient (Wildman–Crippen LogP) is 0.976. The van der Waals surface area contributed by atoms with Crippen molar-refractivity contribution in [2.24, 2.45) is 0 Å². The summed E-state index contributed by atoms with van der Waals surface area (Å²) in [4.78, 5) is 0. The summed E-state index contributed by atoms with van der Waals surface area (Å²) in [6.07, 6.45) is 2.13. The Bertz CT molecular complexity index is 93.1. The minimum absolute atomic E-state index is 0.112. The molecule has 0 bridgehead atoms. The fourth-order valence-corrected chi connectivity index (χ4v) is 0.751. The molecule has 1 aliphatic heterocycles. The molecule has 9 heavy (non-hydrogen) atoms. The fourth-order valence-electron chi connectivity index (χ4n) is 0.751. The lowest BCUT2D eigenvalue weighted by Crippen LogP contribution is -2.32. The maximum Gasteiger partial charge on any atom is 0.0988 e. The Kier molecular flexibility index (Phi) is 2.25. The third kappa shape index (κ3) is 1.80. The molecule has 0 radical (unpaired) electrons. The van der Waals surface area contributed by atoms with E-state index in [1.807, 2.05) is 6.92 Å². The third-order valence-electron chi connectivity index (χ3n) is 1.35. The second kappa shape index (κ2) is 2.99. The first-order valence-electron chi connectivity index (χ1n) is 3.18. The van der Waals surface area contributed by atoms with Gasteiger partial charge in [0, 0.05) is 0 Å². The molecule has 0 aromatic heterocycles. The molecule has 0 saturated carbocycles. The van der Waals surface area contributed by atoms with E-state index in [2.05, 4.69) is 6.58 Å². The van der Waals surface area contributed by atoms with Gasteiger partial charge in [0.15, 0.2) is 0 Å². The van der Waals surface area contributed by atoms with Crippen molar-refractivity contribution in [1.82, 2.24) is 0 Å². The highest BCUT2D eigenvalue weighted by Gasteiger charge is 2.15. The van der Waals surface area contributed by atoms with Crippen molar-refractivity contribution in [1.29, 1.82) is 0 Å². The van der Waals surface area contributed by atoms with Crippen LogP contribution in [0.2, 0.25) is 0 Å². The van der Waals surface area contributed by atoms with Crippen LogP contribution in [-0.2, 0) is 9.47 Å². The topological polar surface area (TPSA) is 18.5 Å². The van der Waals surface area contributed by atoms with E-state index in [4.69, 9.17) is 9.47 Å². The molecule has 2 nitrogen and oxygen atoms in total. The van der Waals surface area contributed by atoms with Crippen LogP contribution >= 0.6 is 0 Å². The highest BCUT2D eigenvalue weighted by molar-refractivity contribution is 4.81. The van der Waals surface area contributed by atoms with Gasteiger partial charge in [0.05, 0.1) is 25.4 Å². The molecule has 1 aliphatic rings. The van der Waals surface area contributed by atoms with Crippen molar-refractivity contribution >= 4 is 0 Å². The maximum atomic E-state index is 5.30. The Labute approximate surface area is 55.5 Å². The summed E-state index contributed by atoms with van der Waals surface area (Å²) < 4.78 is 10.6. The van der Waals surface area contributed by atoms with E-state index in [9.17, 15) is 0 Å². The van der Waals surface area contributed by atoms with E-state index in [-0.39, 0.29) is 12.2 Å². The minimum atomic E-state index is 0.112. The normalized spacial score (nSPS) is 36.1. The van der Waals surface area contributed by atoms with Crippen LogP contribution in [0.4, 0.5) is 0 Å². The van der Waals surface area contributed by atoms with Gasteiger partial charge in [-0.2, -0.15) is 0 Å². The largest absolute Gasteiger partial charge is 0.373 e. The van der Waals surface area contributed by atoms with E-state index >= 15 is 0 Å². The van der Waals surface area contributed by atoms with Gasteiger partial charge in [-0.05, 0) is 6.92 Å². The van der Waals surface area contributed by atoms with Gasteiger partial charge < -0.3 is 9.47 Å². The molecular weight excluding hydrogens is 116 g/mol. The van der Waals surface area contributed by atoms with E-state index in [1.54, 1.807) is 6.08 Å². The summed E-state index contributed by atoms with van der Waals surface area (Å²) in [6, 6.07) is 0. The van der Waals surface area contributed by atoms with Crippen molar-refractivity contribution in [3.63, 3.8) is 0 Å². The Morgan fingerprint density at radius 1 is 1.44 bits per heavy atom. The first-order chi connectivity index (χ1) is 4.33. The van der Waals surface area contributed by atoms with E-state index < -0.39 is 0 Å². The van der Waals surface area contributed by atoms with Crippen LogP contribution in [0.15, 0.2) is 12.7 Å². The number of hydrogen-bond donors (Lipinski definition) is 0. The molecule has 1 heterocycles. The third-order valence-corrected chi connectivity index (χ3v) is 1.35. The highest BCUT2D eigenvalue weighted by atomic mass is 16.6. The second-order valence-corrected chi connectivity index (χ2v) is 2.25. The van der Waals surface area contributed by atoms with Crippen LogP contribution in [-0.4, -0.2) is 25.4 Å². The second-order valence-electron chi connectivity index (χ2n) is 2.25. The Morgan fingerprint density at radius 2 is 2.22 bits per heavy atom. The van der Waals surface area contributed by atoms with Gasteiger partial charge >= 0.3 is 0 Å². The molecule has 2 heteroatoms. The Morgan fingerprint density at radius 3 is 2.67 bits per heavy atom. The van der Waals surface area contributed by atoms with Crippen molar-refractivity contribution < 1.29 is 9.47 Å². The lowest BCUT2D eigenvalue weighted by atomic mass is 10.3. The summed E-state index contributed by atoms with van der Waals surface area (Å²) in [5.74, 6) is 0. The molecule has 2 atom stereocenters. The quantitative estimate of drug-likeness (QED) is 0.490. The molecule has 1 rings (SSSR count).